The summed E-state index contributed by atoms with van der Waals surface area (Å²) in [6.07, 6.45) is 2.56. The molecule has 13 heteroatoms. The average Bonchev–Trinajstić information content (AvgIpc) is 3.24. The van der Waals surface area contributed by atoms with Gasteiger partial charge in [0, 0.05) is 32.7 Å². The van der Waals surface area contributed by atoms with Crippen molar-refractivity contribution in [3.05, 3.63) is 73.1 Å². The van der Waals surface area contributed by atoms with Gasteiger partial charge in [-0.3, -0.25) is 4.79 Å². The lowest BCUT2D eigenvalue weighted by atomic mass is 9.98. The maximum absolute atomic E-state index is 13.7. The van der Waals surface area contributed by atoms with Crippen LogP contribution < -0.4 is 11.1 Å². The Morgan fingerprint density at radius 2 is 1.77 bits per heavy atom. The van der Waals surface area contributed by atoms with Crippen molar-refractivity contribution in [3.8, 4) is 22.4 Å². The van der Waals surface area contributed by atoms with Crippen LogP contribution in [0.15, 0.2) is 71.9 Å². The first-order chi connectivity index (χ1) is 18.9. The summed E-state index contributed by atoms with van der Waals surface area (Å²) < 4.78 is 60.1. The number of carbonyl (C=O) groups is 1. The summed E-state index contributed by atoms with van der Waals surface area (Å²) in [4.78, 5) is 20.1. The van der Waals surface area contributed by atoms with Crippen LogP contribution in [0, 0.1) is 0 Å². The number of nitrogens with one attached hydrogen (secondary N) is 1. The Balaban J connectivity index is 1.84. The number of alkyl halides is 3. The molecule has 0 spiro atoms. The van der Waals surface area contributed by atoms with E-state index in [0.717, 1.165) is 23.9 Å². The zero-order chi connectivity index (χ0) is 29.2. The van der Waals surface area contributed by atoms with Crippen molar-refractivity contribution in [1.29, 1.82) is 0 Å². The van der Waals surface area contributed by atoms with Crippen molar-refractivity contribution in [1.82, 2.24) is 24.2 Å². The molecule has 40 heavy (non-hydrogen) atoms. The molecule has 0 fully saturated rings. The van der Waals surface area contributed by atoms with Crippen LogP contribution in [-0.2, 0) is 28.3 Å². The molecule has 4 rings (SSSR count). The first-order valence-corrected chi connectivity index (χ1v) is 13.6. The zero-order valence-electron chi connectivity index (χ0n) is 22.1. The fourth-order valence-electron chi connectivity index (χ4n) is 4.24. The normalized spacial score (nSPS) is 13.3. The van der Waals surface area contributed by atoms with E-state index in [-0.39, 0.29) is 24.0 Å². The molecule has 2 aromatic heterocycles. The molecule has 4 aromatic rings. The van der Waals surface area contributed by atoms with Gasteiger partial charge in [0.05, 0.1) is 16.8 Å². The molecule has 0 aliphatic rings. The first-order valence-electron chi connectivity index (χ1n) is 12.1. The Bertz CT molecular complexity index is 1690. The molecule has 9 nitrogen and oxygen atoms in total. The van der Waals surface area contributed by atoms with Crippen molar-refractivity contribution >= 4 is 38.4 Å². The minimum absolute atomic E-state index is 0.0803. The number of rotatable bonds is 8. The Hall–Kier alpha value is -4.23. The van der Waals surface area contributed by atoms with Crippen molar-refractivity contribution in [2.24, 2.45) is 11.4 Å². The number of nitrogens with two attached hydrogens (primary N) is 1. The molecule has 2 heterocycles. The van der Waals surface area contributed by atoms with E-state index in [2.05, 4.69) is 26.2 Å². The summed E-state index contributed by atoms with van der Waals surface area (Å²) >= 11 is 0. The molecule has 0 aliphatic carbocycles. The lowest BCUT2D eigenvalue weighted by molar-refractivity contribution is -0.116. The van der Waals surface area contributed by atoms with Gasteiger partial charge >= 0.3 is 5.51 Å². The van der Waals surface area contributed by atoms with Crippen molar-refractivity contribution in [2.75, 3.05) is 19.3 Å². The van der Waals surface area contributed by atoms with Gasteiger partial charge in [-0.05, 0) is 34.9 Å². The number of hydrogen-bond donors (Lipinski definition) is 2. The summed E-state index contributed by atoms with van der Waals surface area (Å²) in [5.74, 6) is -0.0410. The molecule has 3 N–H and O–H groups in total. The molecular weight excluding hydrogens is 543 g/mol. The van der Waals surface area contributed by atoms with Crippen LogP contribution in [0.5, 0.6) is 0 Å². The summed E-state index contributed by atoms with van der Waals surface area (Å²) in [6.45, 7) is 5.14. The Morgan fingerprint density at radius 1 is 1.15 bits per heavy atom. The molecule has 1 unspecified atom stereocenters. The number of aryl methyl sites for hydroxylation is 1. The highest BCUT2D eigenvalue weighted by atomic mass is 32.2. The Kier molecular flexibility index (Phi) is 7.98. The molecule has 1 amide bonds. The van der Waals surface area contributed by atoms with E-state index in [1.54, 1.807) is 12.1 Å². The molecule has 2 aromatic carbocycles. The second-order valence-electron chi connectivity index (χ2n) is 8.88. The second-order valence-corrected chi connectivity index (χ2v) is 11.1. The molecular formula is C27H28F3N7O2S. The third kappa shape index (κ3) is 5.29. The van der Waals surface area contributed by atoms with Gasteiger partial charge < -0.3 is 15.6 Å². The number of carbonyl (C=O) groups excluding carboxylic acids is 1. The van der Waals surface area contributed by atoms with Crippen LogP contribution in [0.2, 0.25) is 0 Å². The number of fused-ring (bicyclic) bond motifs is 1. The highest BCUT2D eigenvalue weighted by Gasteiger charge is 2.46. The van der Waals surface area contributed by atoms with E-state index in [9.17, 15) is 22.2 Å². The van der Waals surface area contributed by atoms with E-state index in [4.69, 9.17) is 5.73 Å². The van der Waals surface area contributed by atoms with Crippen LogP contribution in [0.4, 0.5) is 24.7 Å². The molecule has 0 saturated heterocycles. The van der Waals surface area contributed by atoms with Gasteiger partial charge in [0.25, 0.3) is 0 Å². The molecule has 0 saturated carbocycles. The number of halogens is 3. The maximum Gasteiger partial charge on any atom is 0.493 e. The van der Waals surface area contributed by atoms with Gasteiger partial charge in [0.2, 0.25) is 15.8 Å². The first kappa shape index (κ1) is 28.8. The van der Waals surface area contributed by atoms with Crippen LogP contribution in [0.1, 0.15) is 12.5 Å². The van der Waals surface area contributed by atoms with Gasteiger partial charge in [0.15, 0.2) is 0 Å². The van der Waals surface area contributed by atoms with Crippen LogP contribution in [-0.4, -0.2) is 48.1 Å². The topological polar surface area (TPSA) is 118 Å². The zero-order valence-corrected chi connectivity index (χ0v) is 22.9. The predicted octanol–water partition coefficient (Wildman–Crippen LogP) is 5.17. The van der Waals surface area contributed by atoms with Gasteiger partial charge in [0.1, 0.15) is 17.8 Å². The smallest absolute Gasteiger partial charge is 0.383 e. The average molecular weight is 572 g/mol. The van der Waals surface area contributed by atoms with Gasteiger partial charge in [-0.15, -0.1) is 0 Å². The Labute approximate surface area is 229 Å². The fourth-order valence-corrected chi connectivity index (χ4v) is 5.60. The van der Waals surface area contributed by atoms with Gasteiger partial charge in [-0.1, -0.05) is 49.9 Å². The van der Waals surface area contributed by atoms with Crippen LogP contribution >= 0.6 is 0 Å². The molecule has 0 aliphatic heterocycles. The molecule has 0 bridgehead atoms. The SMILES string of the molecule is C=CC(=O)NCc1ccc(-c2c(-c3ccc(N=S(=O)(N(C)CC)C(F)(F)F)cc3)c3c(N)ncnc3n2C)cc1. The van der Waals surface area contributed by atoms with E-state index in [1.165, 1.54) is 31.5 Å². The predicted molar refractivity (Wildman–Crippen MR) is 150 cm³/mol. The Morgan fingerprint density at radius 3 is 2.35 bits per heavy atom. The lowest BCUT2D eigenvalue weighted by Gasteiger charge is -2.22. The van der Waals surface area contributed by atoms with E-state index < -0.39 is 15.4 Å². The number of nitrogen functional groups attached to an aromatic ring is 1. The van der Waals surface area contributed by atoms with E-state index >= 15 is 0 Å². The molecule has 0 radical (unpaired) electrons. The third-order valence-corrected chi connectivity index (χ3v) is 8.59. The molecule has 210 valence electrons. The minimum atomic E-state index is -5.04. The molecule has 1 atom stereocenters. The number of amides is 1. The largest absolute Gasteiger partial charge is 0.493 e. The van der Waals surface area contributed by atoms with Crippen molar-refractivity contribution < 1.29 is 22.2 Å². The number of benzene rings is 2. The highest BCUT2D eigenvalue weighted by molar-refractivity contribution is 7.92. The lowest BCUT2D eigenvalue weighted by Crippen LogP contribution is -2.37. The summed E-state index contributed by atoms with van der Waals surface area (Å²) in [5.41, 5.74) is 5.46. The van der Waals surface area contributed by atoms with Gasteiger partial charge in [-0.25, -0.2) is 18.5 Å². The summed E-state index contributed by atoms with van der Waals surface area (Å²) in [5, 5.41) is 3.31. The standard InChI is InChI=1S/C27H28F3N7O2S/c1-5-21(38)32-15-17-7-9-19(10-8-17)24-22(23-25(31)33-16-34-26(23)37(24)4)18-11-13-20(14-12-18)35-40(39,27(28,29)30)36(3)6-2/h5,7-14,16H,1,6,15H2,2-4H3,(H,32,38)(H2,31,33,34). The summed E-state index contributed by atoms with van der Waals surface area (Å²) in [7, 11) is -1.74. The highest BCUT2D eigenvalue weighted by Crippen LogP contribution is 2.42. The third-order valence-electron chi connectivity index (χ3n) is 6.43. The number of nitrogens with zero attached hydrogens (tertiary/aromatic N) is 5. The van der Waals surface area contributed by atoms with Gasteiger partial charge in [-0.2, -0.15) is 17.5 Å². The van der Waals surface area contributed by atoms with Crippen LogP contribution in [0.3, 0.4) is 0 Å². The van der Waals surface area contributed by atoms with Crippen LogP contribution in [0.25, 0.3) is 33.4 Å². The number of anilines is 1. The second kappa shape index (κ2) is 11.1. The monoisotopic (exact) mass is 571 g/mol. The van der Waals surface area contributed by atoms with Crippen molar-refractivity contribution in [3.63, 3.8) is 0 Å². The van der Waals surface area contributed by atoms with Crippen molar-refractivity contribution in [2.45, 2.75) is 19.0 Å². The quantitative estimate of drug-likeness (QED) is 0.283. The summed E-state index contributed by atoms with van der Waals surface area (Å²) in [6, 6.07) is 13.5. The minimum Gasteiger partial charge on any atom is -0.383 e. The van der Waals surface area contributed by atoms with E-state index in [1.807, 2.05) is 35.9 Å². The number of hydrogen-bond acceptors (Lipinski definition) is 6. The maximum atomic E-state index is 13.7. The number of aromatic nitrogens is 3. The van der Waals surface area contributed by atoms with E-state index in [0.29, 0.717) is 33.0 Å². The fraction of sp³-hybridized carbons (Fsp3) is 0.222.